The van der Waals surface area contributed by atoms with Gasteiger partial charge in [-0.2, -0.15) is 8.78 Å². The van der Waals surface area contributed by atoms with Gasteiger partial charge in [0.2, 0.25) is 0 Å². The Bertz CT molecular complexity index is 561. The number of amidine groups is 1. The Labute approximate surface area is 143 Å². The smallest absolute Gasteiger partial charge is 0.315 e. The number of carbonyl (C=O) groups excluding carboxylic acids is 1. The summed E-state index contributed by atoms with van der Waals surface area (Å²) < 4.78 is 25.1. The van der Waals surface area contributed by atoms with Crippen LogP contribution in [0.5, 0.6) is 0 Å². The number of aliphatic imine (C=N–C) groups is 1. The molecule has 2 aliphatic heterocycles. The number of fused-ring (bicyclic) bond motifs is 1. The summed E-state index contributed by atoms with van der Waals surface area (Å²) in [6.07, 6.45) is -1.59. The topological polar surface area (TPSA) is 44.7 Å². The van der Waals surface area contributed by atoms with Crippen LogP contribution in [0.4, 0.5) is 8.78 Å². The number of alkyl halides is 2. The van der Waals surface area contributed by atoms with Gasteiger partial charge in [-0.15, -0.1) is 0 Å². The Morgan fingerprint density at radius 3 is 2.46 bits per heavy atom. The predicted octanol–water partition coefficient (Wildman–Crippen LogP) is 3.59. The van der Waals surface area contributed by atoms with Crippen LogP contribution in [0.15, 0.2) is 16.3 Å². The van der Waals surface area contributed by atoms with E-state index in [0.29, 0.717) is 18.9 Å². The van der Waals surface area contributed by atoms with Crippen molar-refractivity contribution >= 4 is 11.7 Å². The van der Waals surface area contributed by atoms with E-state index in [0.717, 1.165) is 18.0 Å². The molecule has 6 heteroatoms. The molecule has 2 aliphatic rings. The summed E-state index contributed by atoms with van der Waals surface area (Å²) in [5, 5.41) is 2.47. The SMILES string of the molecule is CCC1=NC(C(C)(C)C)C(C(C)C)=C2CC(NC(=O)C(F)F)CN12. The van der Waals surface area contributed by atoms with Gasteiger partial charge in [-0.3, -0.25) is 9.79 Å². The van der Waals surface area contributed by atoms with E-state index in [-0.39, 0.29) is 17.5 Å². The number of amides is 1. The molecule has 1 fully saturated rings. The van der Waals surface area contributed by atoms with Gasteiger partial charge in [0.15, 0.2) is 0 Å². The minimum absolute atomic E-state index is 0.0105. The molecule has 0 radical (unpaired) electrons. The largest absolute Gasteiger partial charge is 0.346 e. The van der Waals surface area contributed by atoms with Crippen LogP contribution in [0.25, 0.3) is 0 Å². The van der Waals surface area contributed by atoms with E-state index in [9.17, 15) is 13.6 Å². The van der Waals surface area contributed by atoms with Crippen LogP contribution in [0.2, 0.25) is 0 Å². The van der Waals surface area contributed by atoms with E-state index < -0.39 is 12.3 Å². The van der Waals surface area contributed by atoms with E-state index >= 15 is 0 Å². The van der Waals surface area contributed by atoms with E-state index in [4.69, 9.17) is 4.99 Å². The van der Waals surface area contributed by atoms with Gasteiger partial charge in [-0.1, -0.05) is 41.5 Å². The second-order valence-electron chi connectivity index (χ2n) is 8.05. The Balaban J connectivity index is 2.38. The third-order valence-electron chi connectivity index (χ3n) is 4.69. The maximum absolute atomic E-state index is 12.6. The highest BCUT2D eigenvalue weighted by molar-refractivity contribution is 5.86. The monoisotopic (exact) mass is 341 g/mol. The summed E-state index contributed by atoms with van der Waals surface area (Å²) in [5.74, 6) is 0.121. The lowest BCUT2D eigenvalue weighted by atomic mass is 9.77. The van der Waals surface area contributed by atoms with Crippen molar-refractivity contribution in [2.45, 2.75) is 72.9 Å². The number of hydrogen-bond acceptors (Lipinski definition) is 3. The molecule has 1 saturated heterocycles. The average Bonchev–Trinajstić information content (AvgIpc) is 2.86. The first kappa shape index (κ1) is 18.9. The van der Waals surface area contributed by atoms with Gasteiger partial charge in [0, 0.05) is 25.1 Å². The summed E-state index contributed by atoms with van der Waals surface area (Å²) in [6, 6.07) is -0.200. The second-order valence-corrected chi connectivity index (χ2v) is 8.05. The molecule has 0 aliphatic carbocycles. The molecule has 0 aromatic carbocycles. The maximum Gasteiger partial charge on any atom is 0.315 e. The number of nitrogens with zero attached hydrogens (tertiary/aromatic N) is 2. The Morgan fingerprint density at radius 1 is 1.38 bits per heavy atom. The van der Waals surface area contributed by atoms with E-state index in [1.807, 2.05) is 0 Å². The minimum Gasteiger partial charge on any atom is -0.346 e. The zero-order valence-corrected chi connectivity index (χ0v) is 15.5. The standard InChI is InChI=1S/C18H29F2N3O/c1-7-13-22-15(18(4,5)6)14(10(2)3)12-8-11(9-23(12)13)21-17(24)16(19)20/h10-11,15-16H,7-9H2,1-6H3,(H,21,24). The number of nitrogens with one attached hydrogen (secondary N) is 1. The quantitative estimate of drug-likeness (QED) is 0.849. The van der Waals surface area contributed by atoms with Crippen LogP contribution in [0.1, 0.15) is 54.4 Å². The molecule has 2 rings (SSSR count). The summed E-state index contributed by atoms with van der Waals surface area (Å²) in [4.78, 5) is 18.5. The molecule has 1 amide bonds. The molecular formula is C18H29F2N3O. The van der Waals surface area contributed by atoms with Gasteiger partial charge in [0.25, 0.3) is 5.91 Å². The van der Waals surface area contributed by atoms with Crippen molar-refractivity contribution in [1.29, 1.82) is 0 Å². The molecule has 136 valence electrons. The van der Waals surface area contributed by atoms with Gasteiger partial charge < -0.3 is 10.2 Å². The van der Waals surface area contributed by atoms with Crippen LogP contribution in [-0.4, -0.2) is 41.7 Å². The lowest BCUT2D eigenvalue weighted by molar-refractivity contribution is -0.132. The summed E-state index contributed by atoms with van der Waals surface area (Å²) >= 11 is 0. The Kier molecular flexibility index (Phi) is 5.35. The predicted molar refractivity (Wildman–Crippen MR) is 92.1 cm³/mol. The summed E-state index contributed by atoms with van der Waals surface area (Å²) in [6.45, 7) is 13.4. The number of rotatable bonds is 4. The zero-order valence-electron chi connectivity index (χ0n) is 15.5. The molecule has 1 N–H and O–H groups in total. The van der Waals surface area contributed by atoms with Crippen LogP contribution in [0.3, 0.4) is 0 Å². The van der Waals surface area contributed by atoms with Gasteiger partial charge in [0.1, 0.15) is 5.84 Å². The van der Waals surface area contributed by atoms with Crippen molar-refractivity contribution in [3.8, 4) is 0 Å². The van der Waals surface area contributed by atoms with Crippen molar-refractivity contribution in [2.75, 3.05) is 6.54 Å². The second kappa shape index (κ2) is 6.81. The lowest BCUT2D eigenvalue weighted by Crippen LogP contribution is -2.43. The molecule has 2 unspecified atom stereocenters. The summed E-state index contributed by atoms with van der Waals surface area (Å²) in [5.41, 5.74) is 2.42. The van der Waals surface area contributed by atoms with E-state index in [2.05, 4.69) is 51.8 Å². The van der Waals surface area contributed by atoms with Gasteiger partial charge in [-0.25, -0.2) is 0 Å². The van der Waals surface area contributed by atoms with Crippen molar-refractivity contribution < 1.29 is 13.6 Å². The Morgan fingerprint density at radius 2 is 2.00 bits per heavy atom. The molecule has 2 heterocycles. The van der Waals surface area contributed by atoms with Crippen molar-refractivity contribution in [1.82, 2.24) is 10.2 Å². The van der Waals surface area contributed by atoms with Crippen molar-refractivity contribution in [2.24, 2.45) is 16.3 Å². The highest BCUT2D eigenvalue weighted by atomic mass is 19.3. The fraction of sp³-hybridized carbons (Fsp3) is 0.778. The van der Waals surface area contributed by atoms with Gasteiger partial charge >= 0.3 is 6.43 Å². The van der Waals surface area contributed by atoms with Crippen LogP contribution in [0, 0.1) is 11.3 Å². The first-order valence-corrected chi connectivity index (χ1v) is 8.71. The molecule has 2 atom stereocenters. The highest BCUT2D eigenvalue weighted by Gasteiger charge is 2.41. The highest BCUT2D eigenvalue weighted by Crippen LogP contribution is 2.41. The van der Waals surface area contributed by atoms with Crippen LogP contribution in [-0.2, 0) is 4.79 Å². The average molecular weight is 341 g/mol. The minimum atomic E-state index is -2.97. The van der Waals surface area contributed by atoms with E-state index in [1.54, 1.807) is 0 Å². The molecular weight excluding hydrogens is 312 g/mol. The lowest BCUT2D eigenvalue weighted by Gasteiger charge is -2.40. The van der Waals surface area contributed by atoms with E-state index in [1.165, 1.54) is 5.57 Å². The number of hydrogen-bond donors (Lipinski definition) is 1. The third kappa shape index (κ3) is 3.62. The van der Waals surface area contributed by atoms with Gasteiger partial charge in [0.05, 0.1) is 12.1 Å². The van der Waals surface area contributed by atoms with Crippen LogP contribution >= 0.6 is 0 Å². The Hall–Kier alpha value is -1.46. The molecule has 4 nitrogen and oxygen atoms in total. The first-order chi connectivity index (χ1) is 11.1. The molecule has 0 spiro atoms. The number of carbonyl (C=O) groups is 1. The molecule has 0 aromatic heterocycles. The maximum atomic E-state index is 12.6. The third-order valence-corrected chi connectivity index (χ3v) is 4.69. The number of halogens is 2. The van der Waals surface area contributed by atoms with Gasteiger partial charge in [-0.05, 0) is 16.9 Å². The van der Waals surface area contributed by atoms with Crippen molar-refractivity contribution in [3.05, 3.63) is 11.3 Å². The molecule has 0 bridgehead atoms. The molecule has 0 saturated carbocycles. The molecule has 0 aromatic rings. The normalized spacial score (nSPS) is 24.6. The fourth-order valence-electron chi connectivity index (χ4n) is 3.67. The fourth-order valence-corrected chi connectivity index (χ4v) is 3.67. The van der Waals surface area contributed by atoms with Crippen molar-refractivity contribution in [3.63, 3.8) is 0 Å². The summed E-state index contributed by atoms with van der Waals surface area (Å²) in [7, 11) is 0. The first-order valence-electron chi connectivity index (χ1n) is 8.71. The molecule has 24 heavy (non-hydrogen) atoms. The van der Waals surface area contributed by atoms with Crippen LogP contribution < -0.4 is 5.32 Å². The zero-order chi connectivity index (χ0) is 18.2.